The lowest BCUT2D eigenvalue weighted by Crippen LogP contribution is -2.09. The minimum Gasteiger partial charge on any atom is -0.346 e. The van der Waals surface area contributed by atoms with Crippen molar-refractivity contribution < 1.29 is 0 Å². The van der Waals surface area contributed by atoms with Crippen LogP contribution in [0.15, 0.2) is 12.1 Å². The van der Waals surface area contributed by atoms with Gasteiger partial charge in [-0.2, -0.15) is 0 Å². The molecule has 1 heteroatoms. The van der Waals surface area contributed by atoms with E-state index in [1.54, 1.807) is 0 Å². The second kappa shape index (κ2) is 3.21. The van der Waals surface area contributed by atoms with Gasteiger partial charge in [0.15, 0.2) is 0 Å². The zero-order chi connectivity index (χ0) is 9.42. The Hall–Kier alpha value is -0.720. The minimum absolute atomic E-state index is 0.697. The number of aromatic nitrogens is 1. The molecule has 1 saturated carbocycles. The summed E-state index contributed by atoms with van der Waals surface area (Å²) in [6.45, 7) is 6.76. The van der Waals surface area contributed by atoms with Gasteiger partial charge in [0.1, 0.15) is 0 Å². The number of hydrogen-bond acceptors (Lipinski definition) is 0. The molecule has 1 nitrogen and oxygen atoms in total. The van der Waals surface area contributed by atoms with Crippen molar-refractivity contribution in [1.29, 1.82) is 0 Å². The zero-order valence-electron chi connectivity index (χ0n) is 8.88. The SMILES string of the molecule is Cc1ccc(C)n1C(C)CC1CC1. The Kier molecular flexibility index (Phi) is 2.19. The highest BCUT2D eigenvalue weighted by atomic mass is 15.0. The van der Waals surface area contributed by atoms with Gasteiger partial charge < -0.3 is 4.57 Å². The van der Waals surface area contributed by atoms with Crippen LogP contribution in [0.2, 0.25) is 0 Å². The van der Waals surface area contributed by atoms with E-state index >= 15 is 0 Å². The van der Waals surface area contributed by atoms with Crippen LogP contribution >= 0.6 is 0 Å². The van der Waals surface area contributed by atoms with Crippen molar-refractivity contribution in [3.63, 3.8) is 0 Å². The van der Waals surface area contributed by atoms with Crippen LogP contribution in [-0.4, -0.2) is 4.57 Å². The number of aryl methyl sites for hydroxylation is 2. The monoisotopic (exact) mass is 177 g/mol. The van der Waals surface area contributed by atoms with Crippen LogP contribution in [0.5, 0.6) is 0 Å². The van der Waals surface area contributed by atoms with Gasteiger partial charge >= 0.3 is 0 Å². The minimum atomic E-state index is 0.697. The van der Waals surface area contributed by atoms with Crippen molar-refractivity contribution in [3.8, 4) is 0 Å². The molecule has 1 atom stereocenters. The predicted octanol–water partition coefficient (Wildman–Crippen LogP) is 3.47. The van der Waals surface area contributed by atoms with Crippen LogP contribution < -0.4 is 0 Å². The highest BCUT2D eigenvalue weighted by molar-refractivity contribution is 5.14. The summed E-state index contributed by atoms with van der Waals surface area (Å²) < 4.78 is 2.47. The summed E-state index contributed by atoms with van der Waals surface area (Å²) in [5.74, 6) is 1.02. The topological polar surface area (TPSA) is 4.93 Å². The fourth-order valence-electron chi connectivity index (χ4n) is 2.32. The van der Waals surface area contributed by atoms with E-state index in [4.69, 9.17) is 0 Å². The van der Waals surface area contributed by atoms with Crippen LogP contribution in [0.1, 0.15) is 43.6 Å². The first-order chi connectivity index (χ1) is 6.18. The maximum absolute atomic E-state index is 2.47. The van der Waals surface area contributed by atoms with Crippen LogP contribution in [0, 0.1) is 19.8 Å². The molecule has 1 heterocycles. The standard InChI is InChI=1S/C12H19N/c1-9-4-5-10(2)13(9)11(3)8-12-6-7-12/h4-5,11-12H,6-8H2,1-3H3. The molecule has 0 radical (unpaired) electrons. The molecule has 13 heavy (non-hydrogen) atoms. The van der Waals surface area contributed by atoms with Crippen molar-refractivity contribution in [3.05, 3.63) is 23.5 Å². The Morgan fingerprint density at radius 2 is 1.85 bits per heavy atom. The molecule has 1 fully saturated rings. The van der Waals surface area contributed by atoms with Gasteiger partial charge in [0.05, 0.1) is 0 Å². The molecule has 1 aromatic heterocycles. The van der Waals surface area contributed by atoms with Gasteiger partial charge in [0.25, 0.3) is 0 Å². The van der Waals surface area contributed by atoms with E-state index in [1.807, 2.05) is 0 Å². The van der Waals surface area contributed by atoms with Gasteiger partial charge in [-0.15, -0.1) is 0 Å². The first kappa shape index (κ1) is 8.86. The Bertz CT molecular complexity index is 275. The number of rotatable bonds is 3. The summed E-state index contributed by atoms with van der Waals surface area (Å²) in [7, 11) is 0. The third kappa shape index (κ3) is 1.79. The van der Waals surface area contributed by atoms with Crippen LogP contribution in [0.3, 0.4) is 0 Å². The maximum atomic E-state index is 2.47. The molecular weight excluding hydrogens is 158 g/mol. The Balaban J connectivity index is 2.12. The molecule has 0 bridgehead atoms. The Morgan fingerprint density at radius 3 is 2.31 bits per heavy atom. The number of nitrogens with zero attached hydrogens (tertiary/aromatic N) is 1. The highest BCUT2D eigenvalue weighted by Crippen LogP contribution is 2.37. The van der Waals surface area contributed by atoms with Gasteiger partial charge in [0.2, 0.25) is 0 Å². The maximum Gasteiger partial charge on any atom is 0.0310 e. The van der Waals surface area contributed by atoms with E-state index in [0.717, 1.165) is 5.92 Å². The summed E-state index contributed by atoms with van der Waals surface area (Å²) in [4.78, 5) is 0. The number of hydrogen-bond donors (Lipinski definition) is 0. The molecule has 1 aliphatic carbocycles. The second-order valence-electron chi connectivity index (χ2n) is 4.51. The fraction of sp³-hybridized carbons (Fsp3) is 0.667. The molecule has 1 aromatic rings. The average Bonchev–Trinajstić information content (AvgIpc) is 2.79. The third-order valence-corrected chi connectivity index (χ3v) is 3.14. The van der Waals surface area contributed by atoms with Crippen molar-refractivity contribution in [2.45, 2.75) is 46.1 Å². The molecule has 0 saturated heterocycles. The van der Waals surface area contributed by atoms with Crippen molar-refractivity contribution in [2.75, 3.05) is 0 Å². The predicted molar refractivity (Wildman–Crippen MR) is 56.0 cm³/mol. The van der Waals surface area contributed by atoms with Gasteiger partial charge in [0, 0.05) is 17.4 Å². The molecule has 0 aliphatic heterocycles. The van der Waals surface area contributed by atoms with E-state index in [1.165, 1.54) is 30.7 Å². The van der Waals surface area contributed by atoms with E-state index in [-0.39, 0.29) is 0 Å². The summed E-state index contributed by atoms with van der Waals surface area (Å²) in [5, 5.41) is 0. The van der Waals surface area contributed by atoms with E-state index in [9.17, 15) is 0 Å². The molecule has 0 amide bonds. The van der Waals surface area contributed by atoms with Gasteiger partial charge in [-0.1, -0.05) is 12.8 Å². The summed E-state index contributed by atoms with van der Waals surface area (Å²) >= 11 is 0. The normalized spacial score (nSPS) is 19.0. The van der Waals surface area contributed by atoms with E-state index in [2.05, 4.69) is 37.5 Å². The molecule has 2 rings (SSSR count). The molecule has 0 aromatic carbocycles. The second-order valence-corrected chi connectivity index (χ2v) is 4.51. The van der Waals surface area contributed by atoms with Crippen molar-refractivity contribution >= 4 is 0 Å². The quantitative estimate of drug-likeness (QED) is 0.666. The summed E-state index contributed by atoms with van der Waals surface area (Å²) in [5.41, 5.74) is 2.82. The van der Waals surface area contributed by atoms with Gasteiger partial charge in [-0.25, -0.2) is 0 Å². The van der Waals surface area contributed by atoms with E-state index < -0.39 is 0 Å². The molecular formula is C12H19N. The van der Waals surface area contributed by atoms with Crippen molar-refractivity contribution in [2.24, 2.45) is 5.92 Å². The fourth-order valence-corrected chi connectivity index (χ4v) is 2.32. The Labute approximate surface area is 80.8 Å². The first-order valence-corrected chi connectivity index (χ1v) is 5.33. The highest BCUT2D eigenvalue weighted by Gasteiger charge is 2.24. The van der Waals surface area contributed by atoms with E-state index in [0.29, 0.717) is 6.04 Å². The smallest absolute Gasteiger partial charge is 0.0310 e. The van der Waals surface area contributed by atoms with Crippen LogP contribution in [0.25, 0.3) is 0 Å². The van der Waals surface area contributed by atoms with Gasteiger partial charge in [-0.05, 0) is 45.2 Å². The molecule has 72 valence electrons. The molecule has 0 N–H and O–H groups in total. The lowest BCUT2D eigenvalue weighted by molar-refractivity contribution is 0.463. The van der Waals surface area contributed by atoms with Crippen molar-refractivity contribution in [1.82, 2.24) is 4.57 Å². The third-order valence-electron chi connectivity index (χ3n) is 3.14. The molecule has 0 spiro atoms. The summed E-state index contributed by atoms with van der Waals surface area (Å²) in [6.07, 6.45) is 4.30. The molecule has 1 unspecified atom stereocenters. The largest absolute Gasteiger partial charge is 0.346 e. The summed E-state index contributed by atoms with van der Waals surface area (Å²) in [6, 6.07) is 5.14. The lowest BCUT2D eigenvalue weighted by atomic mass is 10.1. The Morgan fingerprint density at radius 1 is 1.31 bits per heavy atom. The van der Waals surface area contributed by atoms with Crippen LogP contribution in [-0.2, 0) is 0 Å². The molecule has 1 aliphatic rings. The van der Waals surface area contributed by atoms with Crippen LogP contribution in [0.4, 0.5) is 0 Å². The zero-order valence-corrected chi connectivity index (χ0v) is 8.88. The first-order valence-electron chi connectivity index (χ1n) is 5.33. The van der Waals surface area contributed by atoms with Gasteiger partial charge in [-0.3, -0.25) is 0 Å². The lowest BCUT2D eigenvalue weighted by Gasteiger charge is -2.18. The average molecular weight is 177 g/mol.